The van der Waals surface area contributed by atoms with Crippen molar-refractivity contribution in [3.05, 3.63) is 11.5 Å². The van der Waals surface area contributed by atoms with E-state index in [0.29, 0.717) is 7.11 Å². The summed E-state index contributed by atoms with van der Waals surface area (Å²) in [6.45, 7) is 0. The van der Waals surface area contributed by atoms with Gasteiger partial charge in [-0.15, -0.1) is 0 Å². The normalized spacial score (nSPS) is 20.7. The summed E-state index contributed by atoms with van der Waals surface area (Å²) in [7, 11) is -4.28. The van der Waals surface area contributed by atoms with Crippen molar-refractivity contribution < 1.29 is 44.5 Å². The highest BCUT2D eigenvalue weighted by molar-refractivity contribution is 7.49. The first kappa shape index (κ1) is 13.2. The average Bonchev–Trinajstić information content (AvgIpc) is 2.43. The molecule has 1 heterocycles. The molecular formula is C5H3F6O4P. The maximum Gasteiger partial charge on any atom is 0.587 e. The van der Waals surface area contributed by atoms with Gasteiger partial charge in [-0.2, -0.15) is 26.3 Å². The van der Waals surface area contributed by atoms with Gasteiger partial charge in [-0.3, -0.25) is 4.52 Å². The topological polar surface area (TPSA) is 44.8 Å². The number of hydrogen-bond donors (Lipinski definition) is 0. The van der Waals surface area contributed by atoms with E-state index in [9.17, 15) is 30.9 Å². The third-order valence-electron chi connectivity index (χ3n) is 1.35. The predicted molar refractivity (Wildman–Crippen MR) is 35.9 cm³/mol. The summed E-state index contributed by atoms with van der Waals surface area (Å²) < 4.78 is 94.4. The van der Waals surface area contributed by atoms with Crippen LogP contribution in [0.15, 0.2) is 11.5 Å². The molecule has 94 valence electrons. The van der Waals surface area contributed by atoms with Gasteiger partial charge in [0, 0.05) is 7.11 Å². The second-order valence-corrected chi connectivity index (χ2v) is 4.09. The minimum Gasteiger partial charge on any atom is -0.386 e. The van der Waals surface area contributed by atoms with Crippen molar-refractivity contribution in [3.8, 4) is 0 Å². The quantitative estimate of drug-likeness (QED) is 0.543. The summed E-state index contributed by atoms with van der Waals surface area (Å²) in [6, 6.07) is 0. The molecule has 16 heavy (non-hydrogen) atoms. The number of rotatable bonds is 1. The third-order valence-corrected chi connectivity index (χ3v) is 2.61. The Labute approximate surface area is 84.4 Å². The fourth-order valence-electron chi connectivity index (χ4n) is 0.761. The lowest BCUT2D eigenvalue weighted by molar-refractivity contribution is -0.140. The van der Waals surface area contributed by atoms with Crippen LogP contribution in [0.3, 0.4) is 0 Å². The minimum atomic E-state index is -5.48. The highest BCUT2D eigenvalue weighted by atomic mass is 31.2. The fraction of sp³-hybridized carbons (Fsp3) is 0.600. The van der Waals surface area contributed by atoms with Crippen LogP contribution in [0.2, 0.25) is 0 Å². The summed E-state index contributed by atoms with van der Waals surface area (Å²) in [6.07, 6.45) is -11.0. The minimum absolute atomic E-state index is 0.591. The van der Waals surface area contributed by atoms with E-state index in [1.54, 1.807) is 0 Å². The predicted octanol–water partition coefficient (Wildman–Crippen LogP) is 3.12. The van der Waals surface area contributed by atoms with Crippen molar-refractivity contribution in [2.45, 2.75) is 12.4 Å². The van der Waals surface area contributed by atoms with Crippen molar-refractivity contribution >= 4 is 7.82 Å². The number of alkyl halides is 6. The molecule has 0 unspecified atom stereocenters. The summed E-state index contributed by atoms with van der Waals surface area (Å²) >= 11 is 0. The molecule has 0 aromatic heterocycles. The highest BCUT2D eigenvalue weighted by Crippen LogP contribution is 2.62. The van der Waals surface area contributed by atoms with Crippen molar-refractivity contribution in [1.82, 2.24) is 0 Å². The summed E-state index contributed by atoms with van der Waals surface area (Å²) in [5, 5.41) is 0. The van der Waals surface area contributed by atoms with Crippen LogP contribution in [0.5, 0.6) is 0 Å². The van der Waals surface area contributed by atoms with Crippen molar-refractivity contribution in [1.29, 1.82) is 0 Å². The Balaban J connectivity index is 3.21. The molecule has 0 aliphatic carbocycles. The molecule has 0 saturated heterocycles. The van der Waals surface area contributed by atoms with Gasteiger partial charge in [0.15, 0.2) is 0 Å². The monoisotopic (exact) mass is 272 g/mol. The maximum atomic E-state index is 12.1. The number of allylic oxidation sites excluding steroid dienone is 2. The van der Waals surface area contributed by atoms with Crippen molar-refractivity contribution in [3.63, 3.8) is 0 Å². The van der Waals surface area contributed by atoms with E-state index in [1.165, 1.54) is 0 Å². The van der Waals surface area contributed by atoms with Gasteiger partial charge in [-0.05, 0) is 0 Å². The molecule has 0 bridgehead atoms. The van der Waals surface area contributed by atoms with Gasteiger partial charge < -0.3 is 9.05 Å². The van der Waals surface area contributed by atoms with E-state index < -0.39 is 31.7 Å². The van der Waals surface area contributed by atoms with Crippen LogP contribution in [-0.4, -0.2) is 19.5 Å². The van der Waals surface area contributed by atoms with Gasteiger partial charge >= 0.3 is 20.2 Å². The van der Waals surface area contributed by atoms with Crippen LogP contribution in [0.25, 0.3) is 0 Å². The van der Waals surface area contributed by atoms with Crippen LogP contribution in [0.1, 0.15) is 0 Å². The molecule has 0 fully saturated rings. The van der Waals surface area contributed by atoms with Gasteiger partial charge in [-0.1, -0.05) is 0 Å². The Bertz CT molecular complexity index is 338. The Kier molecular flexibility index (Phi) is 2.93. The summed E-state index contributed by atoms with van der Waals surface area (Å²) in [5.74, 6) is -5.02. The van der Waals surface area contributed by atoms with Crippen LogP contribution in [-0.2, 0) is 18.1 Å². The second kappa shape index (κ2) is 3.56. The first-order chi connectivity index (χ1) is 6.99. The SMILES string of the molecule is COP1(=O)OC(C(F)(F)F)=C(C(F)(F)F)O1. The summed E-state index contributed by atoms with van der Waals surface area (Å²) in [5.41, 5.74) is 0. The van der Waals surface area contributed by atoms with Gasteiger partial charge in [0.2, 0.25) is 0 Å². The molecule has 0 amide bonds. The Hall–Kier alpha value is -0.890. The first-order valence-corrected chi connectivity index (χ1v) is 4.89. The molecule has 0 spiro atoms. The Morgan fingerprint density at radius 2 is 1.31 bits per heavy atom. The lowest BCUT2D eigenvalue weighted by Crippen LogP contribution is -2.20. The number of phosphoric acid groups is 1. The number of hydrogen-bond acceptors (Lipinski definition) is 4. The average molecular weight is 272 g/mol. The zero-order valence-corrected chi connectivity index (χ0v) is 8.24. The Morgan fingerprint density at radius 1 is 1.00 bits per heavy atom. The molecule has 1 rings (SSSR count). The van der Waals surface area contributed by atoms with Crippen LogP contribution < -0.4 is 0 Å². The molecular weight excluding hydrogens is 269 g/mol. The van der Waals surface area contributed by atoms with Crippen LogP contribution in [0.4, 0.5) is 26.3 Å². The van der Waals surface area contributed by atoms with Crippen molar-refractivity contribution in [2.75, 3.05) is 7.11 Å². The first-order valence-electron chi connectivity index (χ1n) is 3.43. The van der Waals surface area contributed by atoms with Gasteiger partial charge in [0.1, 0.15) is 0 Å². The fourth-order valence-corrected chi connectivity index (χ4v) is 1.77. The molecule has 1 aliphatic heterocycles. The molecule has 0 aromatic rings. The van der Waals surface area contributed by atoms with Crippen LogP contribution >= 0.6 is 7.82 Å². The third kappa shape index (κ3) is 2.43. The highest BCUT2D eigenvalue weighted by Gasteiger charge is 2.59. The zero-order valence-electron chi connectivity index (χ0n) is 7.35. The van der Waals surface area contributed by atoms with Crippen molar-refractivity contribution in [2.24, 2.45) is 0 Å². The second-order valence-electron chi connectivity index (χ2n) is 2.47. The van der Waals surface area contributed by atoms with E-state index >= 15 is 0 Å². The molecule has 4 nitrogen and oxygen atoms in total. The molecule has 0 N–H and O–H groups in total. The van der Waals surface area contributed by atoms with E-state index in [1.807, 2.05) is 0 Å². The van der Waals surface area contributed by atoms with Gasteiger partial charge in [-0.25, -0.2) is 4.57 Å². The van der Waals surface area contributed by atoms with E-state index in [0.717, 1.165) is 0 Å². The number of halogens is 6. The van der Waals surface area contributed by atoms with Gasteiger partial charge in [0.25, 0.3) is 11.5 Å². The lowest BCUT2D eigenvalue weighted by Gasteiger charge is -2.08. The summed E-state index contributed by atoms with van der Waals surface area (Å²) in [4.78, 5) is 0. The van der Waals surface area contributed by atoms with E-state index in [2.05, 4.69) is 13.6 Å². The molecule has 0 radical (unpaired) electrons. The number of phosphoric ester groups is 1. The van der Waals surface area contributed by atoms with Gasteiger partial charge in [0.05, 0.1) is 0 Å². The molecule has 11 heteroatoms. The van der Waals surface area contributed by atoms with E-state index in [4.69, 9.17) is 0 Å². The largest absolute Gasteiger partial charge is 0.587 e. The molecule has 0 aromatic carbocycles. The Morgan fingerprint density at radius 3 is 1.50 bits per heavy atom. The standard InChI is InChI=1S/C5H3F6O4P/c1-13-16(12)14-2(4(6,7)8)3(15-16)5(9,10)11/h1H3. The maximum absolute atomic E-state index is 12.1. The smallest absolute Gasteiger partial charge is 0.386 e. The molecule has 1 aliphatic rings. The lowest BCUT2D eigenvalue weighted by atomic mass is 10.4. The van der Waals surface area contributed by atoms with Crippen LogP contribution in [0, 0.1) is 0 Å². The zero-order chi connectivity index (χ0) is 12.8. The van der Waals surface area contributed by atoms with E-state index in [-0.39, 0.29) is 0 Å². The molecule has 0 atom stereocenters. The molecule has 0 saturated carbocycles.